The zero-order valence-corrected chi connectivity index (χ0v) is 17.0. The highest BCUT2D eigenvalue weighted by Crippen LogP contribution is 2.41. The first kappa shape index (κ1) is 20.1. The van der Waals surface area contributed by atoms with Crippen molar-refractivity contribution >= 4 is 47.3 Å². The zero-order chi connectivity index (χ0) is 21.4. The van der Waals surface area contributed by atoms with Crippen LogP contribution in [0.15, 0.2) is 16.4 Å². The van der Waals surface area contributed by atoms with Crippen molar-refractivity contribution < 1.29 is 19.5 Å². The summed E-state index contributed by atoms with van der Waals surface area (Å²) >= 11 is 2.65. The lowest BCUT2D eigenvalue weighted by molar-refractivity contribution is -0.150. The Morgan fingerprint density at radius 1 is 1.37 bits per heavy atom. The van der Waals surface area contributed by atoms with Crippen LogP contribution < -0.4 is 11.1 Å². The molecule has 0 radical (unpaired) electrons. The summed E-state index contributed by atoms with van der Waals surface area (Å²) in [6, 6.07) is -0.838. The molecule has 0 aromatic carbocycles. The number of aromatic nitrogens is 8. The van der Waals surface area contributed by atoms with Gasteiger partial charge in [0.1, 0.15) is 23.7 Å². The maximum atomic E-state index is 12.6. The largest absolute Gasteiger partial charge is 0.477 e. The second-order valence-electron chi connectivity index (χ2n) is 6.26. The van der Waals surface area contributed by atoms with Crippen LogP contribution in [-0.4, -0.2) is 91.1 Å². The van der Waals surface area contributed by atoms with Crippen LogP contribution in [0.3, 0.4) is 0 Å². The van der Waals surface area contributed by atoms with E-state index in [0.29, 0.717) is 22.2 Å². The van der Waals surface area contributed by atoms with Crippen molar-refractivity contribution in [3.8, 4) is 0 Å². The van der Waals surface area contributed by atoms with Gasteiger partial charge in [-0.05, 0) is 21.2 Å². The number of anilines is 1. The van der Waals surface area contributed by atoms with Crippen LogP contribution in [0.25, 0.3) is 0 Å². The monoisotopic (exact) mass is 453 g/mol. The van der Waals surface area contributed by atoms with Gasteiger partial charge in [0.15, 0.2) is 0 Å². The van der Waals surface area contributed by atoms with Gasteiger partial charge in [-0.1, -0.05) is 16.9 Å². The first-order valence-corrected chi connectivity index (χ1v) is 10.5. The number of thioether (sulfide) groups is 2. The number of nitrogens with zero attached hydrogens (tertiary/aromatic N) is 9. The lowest BCUT2D eigenvalue weighted by atomic mass is 10.0. The van der Waals surface area contributed by atoms with Crippen LogP contribution in [-0.2, 0) is 28.0 Å². The number of tetrazole rings is 2. The minimum Gasteiger partial charge on any atom is -0.477 e. The summed E-state index contributed by atoms with van der Waals surface area (Å²) in [5.74, 6) is -1.57. The third-order valence-electron chi connectivity index (χ3n) is 4.28. The van der Waals surface area contributed by atoms with Gasteiger partial charge in [-0.25, -0.2) is 9.48 Å². The number of carboxylic acids is 1. The number of rotatable bonds is 7. The molecule has 4 rings (SSSR count). The van der Waals surface area contributed by atoms with Crippen molar-refractivity contribution in [2.24, 2.45) is 7.05 Å². The predicted octanol–water partition coefficient (Wildman–Crippen LogP) is -2.69. The second-order valence-corrected chi connectivity index (χ2v) is 8.31. The van der Waals surface area contributed by atoms with Crippen LogP contribution in [0, 0.1) is 0 Å². The average Bonchev–Trinajstić information content (AvgIpc) is 3.31. The standard InChI is InChI=1S/C13H15N11O4S2/c1-22-13(17-19-21-22)30-4-5-3-29-10-7(9(26)24(10)8(5)11(27)28)15-6(25)2-23-18-12(14)16-20-23/h7,10H,2-4H2,1H3,(H2,14,18)(H,15,25)(H,27,28)/t7?,10-/m1/s1. The molecule has 2 atom stereocenters. The van der Waals surface area contributed by atoms with Crippen LogP contribution in [0.4, 0.5) is 5.95 Å². The first-order valence-electron chi connectivity index (χ1n) is 8.43. The van der Waals surface area contributed by atoms with E-state index in [4.69, 9.17) is 5.73 Å². The van der Waals surface area contributed by atoms with Crippen LogP contribution in [0.2, 0.25) is 0 Å². The Hall–Kier alpha value is -3.21. The molecule has 2 amide bonds. The maximum absolute atomic E-state index is 12.6. The Balaban J connectivity index is 1.44. The molecule has 0 saturated carbocycles. The lowest BCUT2D eigenvalue weighted by Crippen LogP contribution is -2.70. The van der Waals surface area contributed by atoms with Crippen LogP contribution >= 0.6 is 23.5 Å². The molecular weight excluding hydrogens is 438 g/mol. The topological polar surface area (TPSA) is 200 Å². The van der Waals surface area contributed by atoms with Crippen molar-refractivity contribution in [1.29, 1.82) is 0 Å². The number of nitrogens with two attached hydrogens (primary N) is 1. The first-order chi connectivity index (χ1) is 14.3. The summed E-state index contributed by atoms with van der Waals surface area (Å²) in [6.45, 7) is -0.263. The van der Waals surface area contributed by atoms with Gasteiger partial charge in [0.05, 0.1) is 0 Å². The number of nitrogens with one attached hydrogen (secondary N) is 1. The molecule has 158 valence electrons. The van der Waals surface area contributed by atoms with Crippen molar-refractivity contribution in [3.63, 3.8) is 0 Å². The van der Waals surface area contributed by atoms with Crippen molar-refractivity contribution in [1.82, 2.24) is 50.6 Å². The van der Waals surface area contributed by atoms with E-state index < -0.39 is 29.2 Å². The Kier molecular flexibility index (Phi) is 5.29. The molecule has 1 saturated heterocycles. The Bertz CT molecular complexity index is 1050. The van der Waals surface area contributed by atoms with E-state index in [1.54, 1.807) is 7.05 Å². The molecule has 2 aromatic heterocycles. The summed E-state index contributed by atoms with van der Waals surface area (Å²) in [6.07, 6.45) is 0. The third-order valence-corrected chi connectivity index (χ3v) is 6.71. The number of amides is 2. The number of β-lactam (4-membered cyclic amide) rings is 1. The van der Waals surface area contributed by atoms with E-state index in [0.717, 1.165) is 4.80 Å². The van der Waals surface area contributed by atoms with Gasteiger partial charge in [0, 0.05) is 18.6 Å². The zero-order valence-electron chi connectivity index (χ0n) is 15.4. The molecule has 4 N–H and O–H groups in total. The molecule has 0 bridgehead atoms. The van der Waals surface area contributed by atoms with Gasteiger partial charge in [-0.15, -0.1) is 22.0 Å². The van der Waals surface area contributed by atoms with Gasteiger partial charge >= 0.3 is 5.97 Å². The van der Waals surface area contributed by atoms with Crippen molar-refractivity contribution in [2.45, 2.75) is 23.1 Å². The maximum Gasteiger partial charge on any atom is 0.352 e. The van der Waals surface area contributed by atoms with E-state index in [1.807, 2.05) is 0 Å². The van der Waals surface area contributed by atoms with E-state index in [9.17, 15) is 19.5 Å². The molecule has 15 nitrogen and oxygen atoms in total. The highest BCUT2D eigenvalue weighted by atomic mass is 32.2. The Morgan fingerprint density at radius 3 is 2.80 bits per heavy atom. The van der Waals surface area contributed by atoms with Crippen molar-refractivity contribution in [3.05, 3.63) is 11.3 Å². The molecule has 4 heterocycles. The molecule has 1 unspecified atom stereocenters. The van der Waals surface area contributed by atoms with Gasteiger partial charge in [0.25, 0.3) is 11.9 Å². The quantitative estimate of drug-likeness (QED) is 0.289. The SMILES string of the molecule is Cn1nnnc1SCC1=C(C(=O)O)N2C(=O)C(NC(=O)Cn3nnc(N)n3)[C@H]2SC1. The number of carboxylic acid groups (broad SMARTS) is 1. The number of hydrogen-bond acceptors (Lipinski definition) is 12. The van der Waals surface area contributed by atoms with Gasteiger partial charge < -0.3 is 16.2 Å². The summed E-state index contributed by atoms with van der Waals surface area (Å²) in [5, 5.41) is 34.1. The number of aliphatic carboxylic acids is 1. The lowest BCUT2D eigenvalue weighted by Gasteiger charge is -2.49. The summed E-state index contributed by atoms with van der Waals surface area (Å²) in [7, 11) is 1.68. The van der Waals surface area contributed by atoms with E-state index in [1.165, 1.54) is 33.1 Å². The number of aryl methyl sites for hydroxylation is 1. The number of carbonyl (C=O) groups excluding carboxylic acids is 2. The molecule has 2 aliphatic rings. The van der Waals surface area contributed by atoms with Crippen LogP contribution in [0.5, 0.6) is 0 Å². The summed E-state index contributed by atoms with van der Waals surface area (Å²) in [5.41, 5.74) is 5.86. The molecule has 2 aromatic rings. The van der Waals surface area contributed by atoms with E-state index in [-0.39, 0.29) is 18.2 Å². The Morgan fingerprint density at radius 2 is 2.17 bits per heavy atom. The number of fused-ring (bicyclic) bond motifs is 1. The fourth-order valence-corrected chi connectivity index (χ4v) is 5.29. The van der Waals surface area contributed by atoms with Crippen molar-refractivity contribution in [2.75, 3.05) is 17.2 Å². The number of carbonyl (C=O) groups is 3. The molecule has 0 aliphatic carbocycles. The second kappa shape index (κ2) is 7.90. The van der Waals surface area contributed by atoms with Gasteiger partial charge in [-0.2, -0.15) is 4.80 Å². The fraction of sp³-hybridized carbons (Fsp3) is 0.462. The molecule has 0 spiro atoms. The van der Waals surface area contributed by atoms with E-state index in [2.05, 4.69) is 36.3 Å². The number of hydrogen-bond donors (Lipinski definition) is 3. The minimum absolute atomic E-state index is 0.0670. The number of nitrogen functional groups attached to an aromatic ring is 1. The third kappa shape index (κ3) is 3.67. The van der Waals surface area contributed by atoms with Gasteiger partial charge in [0.2, 0.25) is 11.1 Å². The predicted molar refractivity (Wildman–Crippen MR) is 101 cm³/mol. The average molecular weight is 453 g/mol. The fourth-order valence-electron chi connectivity index (χ4n) is 2.96. The smallest absolute Gasteiger partial charge is 0.352 e. The molecule has 17 heteroatoms. The highest BCUT2D eigenvalue weighted by Gasteiger charge is 2.54. The normalized spacial score (nSPS) is 20.7. The highest BCUT2D eigenvalue weighted by molar-refractivity contribution is 8.01. The molecule has 30 heavy (non-hydrogen) atoms. The van der Waals surface area contributed by atoms with E-state index >= 15 is 0 Å². The Labute approximate surface area is 176 Å². The summed E-state index contributed by atoms with van der Waals surface area (Å²) < 4.78 is 1.47. The summed E-state index contributed by atoms with van der Waals surface area (Å²) in [4.78, 5) is 38.9. The molecular formula is C13H15N11O4S2. The van der Waals surface area contributed by atoms with Gasteiger partial charge in [-0.3, -0.25) is 14.5 Å². The van der Waals surface area contributed by atoms with Crippen LogP contribution in [0.1, 0.15) is 0 Å². The molecule has 1 fully saturated rings. The molecule has 2 aliphatic heterocycles. The minimum atomic E-state index is -1.20.